The molecule has 8 rings (SSSR count). The molecule has 3 saturated heterocycles. The maximum atomic E-state index is 14.7. The summed E-state index contributed by atoms with van der Waals surface area (Å²) in [5.41, 5.74) is 8.96. The molecule has 15 N–H and O–H groups in total. The van der Waals surface area contributed by atoms with E-state index >= 15 is 0 Å². The number of aliphatic hydroxyl groups excluding tert-OH is 6. The maximum Gasteiger partial charge on any atom is 0.446 e. The Morgan fingerprint density at radius 1 is 0.736 bits per heavy atom. The summed E-state index contributed by atoms with van der Waals surface area (Å²) in [4.78, 5) is 103. The number of amides is 7. The van der Waals surface area contributed by atoms with E-state index in [1.54, 1.807) is 19.2 Å². The summed E-state index contributed by atoms with van der Waals surface area (Å²) in [6.07, 6.45) is -12.8. The second kappa shape index (κ2) is 30.2. The van der Waals surface area contributed by atoms with Crippen LogP contribution in [-0.4, -0.2) is 229 Å². The highest BCUT2D eigenvalue weighted by Crippen LogP contribution is 2.34. The van der Waals surface area contributed by atoms with Crippen molar-refractivity contribution >= 4 is 63.1 Å². The molecule has 3 aliphatic rings. The van der Waals surface area contributed by atoms with Gasteiger partial charge in [0.1, 0.15) is 58.6 Å². The Morgan fingerprint density at radius 3 is 1.95 bits per heavy atom. The first kappa shape index (κ1) is 68.6. The summed E-state index contributed by atoms with van der Waals surface area (Å²) in [5, 5.41) is 100. The van der Waals surface area contributed by atoms with Crippen molar-refractivity contribution in [3.05, 3.63) is 102 Å². The summed E-state index contributed by atoms with van der Waals surface area (Å²) in [7, 11) is -3.62. The average molecular weight is 1310 g/mol. The Labute approximate surface area is 525 Å². The minimum absolute atomic E-state index is 0.000906. The topological polar surface area (TPSA) is 462 Å². The standard InChI is InChI=1S/C59H72N10O20S2/c1-29-27-69-49(50(29)76)55(81)61-26-37(71)24-40(62-51(77)34-7-11-36(12-8-34)57-67-66-56(90-57)35-9-5-32(6-10-35)33-13-15-39(16-14-33)88-21-20-87-3)52(78)63-46(30(2)70)58(82)68-28-38(72)25-41(68)53(79)64-47(54(80)65-48(59(69)83)43(74)18-19-60)44(75)22-31-4-17-42(73)45(23-31)89-91(84,85)86/h4-17,23,29-30,37-38,40-41,43-44,46-50,70-76H,18-22,24-28,60H2,1-3H3,(H,61,81)(H,62,77)(H,63,78)(H,64,79)(H,65,80)(H,84,85,86)/t29-,30+,37+,38+,40?,41?,43+,44+,46?,47-,48?,49?,50-/m0/s1. The van der Waals surface area contributed by atoms with Gasteiger partial charge in [-0.3, -0.25) is 38.1 Å². The molecule has 3 fully saturated rings. The Balaban J connectivity index is 1.06. The highest BCUT2D eigenvalue weighted by atomic mass is 32.3. The smallest absolute Gasteiger partial charge is 0.446 e. The summed E-state index contributed by atoms with van der Waals surface area (Å²) < 4.78 is 47.5. The number of carbonyl (C=O) groups excluding carboxylic acids is 7. The molecule has 4 aromatic carbocycles. The number of benzene rings is 4. The number of ether oxygens (including phenoxy) is 2. The van der Waals surface area contributed by atoms with Crippen LogP contribution in [0.4, 0.5) is 0 Å². The van der Waals surface area contributed by atoms with Gasteiger partial charge in [0.25, 0.3) is 5.91 Å². The lowest BCUT2D eigenvalue weighted by molar-refractivity contribution is -0.147. The highest BCUT2D eigenvalue weighted by molar-refractivity contribution is 7.81. The third-order valence-electron chi connectivity index (χ3n) is 15.6. The molecule has 0 bridgehead atoms. The fourth-order valence-electron chi connectivity index (χ4n) is 10.7. The molecular formula is C59H72N10O20S2. The van der Waals surface area contributed by atoms with Crippen molar-refractivity contribution in [2.45, 2.75) is 112 Å². The second-order valence-electron chi connectivity index (χ2n) is 22.3. The number of phenols is 1. The number of phenolic OH excluding ortho intramolecular Hbond substituents is 1. The van der Waals surface area contributed by atoms with Gasteiger partial charge in [-0.15, -0.1) is 10.2 Å². The van der Waals surface area contributed by atoms with Gasteiger partial charge in [0, 0.05) is 68.6 Å². The summed E-state index contributed by atoms with van der Waals surface area (Å²) >= 11 is 1.29. The summed E-state index contributed by atoms with van der Waals surface area (Å²) in [6, 6.07) is 12.8. The van der Waals surface area contributed by atoms with Gasteiger partial charge < -0.3 is 91.5 Å². The zero-order valence-electron chi connectivity index (χ0n) is 49.4. The highest BCUT2D eigenvalue weighted by Gasteiger charge is 2.50. The average Bonchev–Trinajstić information content (AvgIpc) is 1.79. The van der Waals surface area contributed by atoms with E-state index in [1.807, 2.05) is 48.5 Å². The third kappa shape index (κ3) is 17.2. The largest absolute Gasteiger partial charge is 0.504 e. The number of β-amino-alcohol motifs (C(OH)–C–C–N with tert-alkyl or cyclic N) is 1. The molecule has 3 aliphatic heterocycles. The van der Waals surface area contributed by atoms with Crippen LogP contribution in [0.25, 0.3) is 32.3 Å². The van der Waals surface area contributed by atoms with Gasteiger partial charge in [0.15, 0.2) is 11.5 Å². The molecule has 5 unspecified atom stereocenters. The molecule has 91 heavy (non-hydrogen) atoms. The number of nitrogens with zero attached hydrogens (tertiary/aromatic N) is 4. The molecular weight excluding hydrogens is 1230 g/mol. The minimum Gasteiger partial charge on any atom is -0.504 e. The van der Waals surface area contributed by atoms with Crippen molar-refractivity contribution in [1.82, 2.24) is 46.6 Å². The van der Waals surface area contributed by atoms with Crippen LogP contribution in [0.5, 0.6) is 17.2 Å². The molecule has 0 saturated carbocycles. The summed E-state index contributed by atoms with van der Waals surface area (Å²) in [6.45, 7) is 1.56. The van der Waals surface area contributed by atoms with Crippen molar-refractivity contribution in [3.8, 4) is 49.5 Å². The number of aliphatic hydroxyl groups is 6. The van der Waals surface area contributed by atoms with Gasteiger partial charge in [-0.25, -0.2) is 0 Å². The monoisotopic (exact) mass is 1300 g/mol. The third-order valence-corrected chi connectivity index (χ3v) is 17.0. The van der Waals surface area contributed by atoms with Gasteiger partial charge in [-0.05, 0) is 73.0 Å². The lowest BCUT2D eigenvalue weighted by Gasteiger charge is -2.34. The molecule has 32 heteroatoms. The number of hydrogen-bond donors (Lipinski definition) is 14. The number of methoxy groups -OCH3 is 1. The van der Waals surface area contributed by atoms with Crippen LogP contribution in [0.3, 0.4) is 0 Å². The molecule has 490 valence electrons. The molecule has 4 heterocycles. The molecule has 30 nitrogen and oxygen atoms in total. The Morgan fingerprint density at radius 2 is 1.33 bits per heavy atom. The zero-order chi connectivity index (χ0) is 66.0. The molecule has 0 radical (unpaired) electrons. The fourth-order valence-corrected chi connectivity index (χ4v) is 11.9. The normalized spacial score (nSPS) is 25.0. The van der Waals surface area contributed by atoms with Crippen molar-refractivity contribution < 1.29 is 95.9 Å². The Hall–Kier alpha value is -8.28. The number of carbonyl (C=O) groups is 7. The van der Waals surface area contributed by atoms with E-state index in [4.69, 9.17) is 15.2 Å². The number of aromatic hydroxyl groups is 1. The van der Waals surface area contributed by atoms with Crippen LogP contribution >= 0.6 is 11.3 Å². The first-order valence-corrected chi connectivity index (χ1v) is 31.1. The molecule has 7 amide bonds. The van der Waals surface area contributed by atoms with Crippen LogP contribution in [0.1, 0.15) is 49.0 Å². The van der Waals surface area contributed by atoms with E-state index < -0.39 is 174 Å². The number of fused-ring (bicyclic) bond motifs is 2. The van der Waals surface area contributed by atoms with Crippen molar-refractivity contribution in [1.29, 1.82) is 0 Å². The van der Waals surface area contributed by atoms with Gasteiger partial charge >= 0.3 is 10.4 Å². The number of hydrogen-bond acceptors (Lipinski definition) is 23. The van der Waals surface area contributed by atoms with E-state index in [0.717, 1.165) is 51.6 Å². The number of aromatic nitrogens is 2. The van der Waals surface area contributed by atoms with E-state index in [2.05, 4.69) is 41.0 Å². The number of nitrogens with one attached hydrogen (secondary N) is 5. The molecule has 5 aromatic rings. The first-order chi connectivity index (χ1) is 43.2. The van der Waals surface area contributed by atoms with Crippen molar-refractivity contribution in [2.75, 3.05) is 46.5 Å². The van der Waals surface area contributed by atoms with E-state index in [0.29, 0.717) is 34.5 Å². The van der Waals surface area contributed by atoms with Crippen molar-refractivity contribution in [2.24, 2.45) is 11.7 Å². The van der Waals surface area contributed by atoms with Gasteiger partial charge in [-0.2, -0.15) is 8.42 Å². The number of rotatable bonds is 18. The predicted molar refractivity (Wildman–Crippen MR) is 322 cm³/mol. The van der Waals surface area contributed by atoms with Gasteiger partial charge in [-0.1, -0.05) is 72.9 Å². The molecule has 0 aliphatic carbocycles. The Bertz CT molecular complexity index is 3530. The zero-order valence-corrected chi connectivity index (χ0v) is 51.0. The predicted octanol–water partition coefficient (Wildman–Crippen LogP) is -2.25. The van der Waals surface area contributed by atoms with Crippen LogP contribution in [0, 0.1) is 5.92 Å². The first-order valence-electron chi connectivity index (χ1n) is 28.9. The van der Waals surface area contributed by atoms with Crippen LogP contribution in [-0.2, 0) is 50.3 Å². The molecule has 0 spiro atoms. The fraction of sp³-hybridized carbons (Fsp3) is 0.441. The maximum absolute atomic E-state index is 14.7. The van der Waals surface area contributed by atoms with E-state index in [9.17, 15) is 82.3 Å². The SMILES string of the molecule is COCCOc1ccc(-c2ccc(-c3nnc(-c4ccc(C(=O)NC5C[C@@H](O)CNC(=O)C6[C@@H](O)[C@@H](C)CN6C(=O)C([C@H](O)CCN)NC(=O)[C@H]([C@H](O)Cc6ccc(O)c(OS(=O)(=O)O)c6)NC(=O)C6C[C@@H](O)CN6C(=O)C([C@@H](C)O)NC5=O)cc4)s3)cc2)cc1. The minimum atomic E-state index is -5.22. The van der Waals surface area contributed by atoms with Gasteiger partial charge in [0.05, 0.1) is 43.2 Å². The second-order valence-corrected chi connectivity index (χ2v) is 24.3. The van der Waals surface area contributed by atoms with Crippen molar-refractivity contribution in [3.63, 3.8) is 0 Å². The molecule has 13 atom stereocenters. The molecule has 1 aromatic heterocycles. The van der Waals surface area contributed by atoms with E-state index in [-0.39, 0.29) is 30.6 Å². The summed E-state index contributed by atoms with van der Waals surface area (Å²) in [5.74, 6) is -9.82. The quantitative estimate of drug-likeness (QED) is 0.0325. The van der Waals surface area contributed by atoms with E-state index in [1.165, 1.54) is 30.4 Å². The lowest BCUT2D eigenvalue weighted by atomic mass is 9.98. The van der Waals surface area contributed by atoms with Crippen LogP contribution < -0.4 is 41.2 Å². The number of nitrogens with two attached hydrogens (primary N) is 1. The van der Waals surface area contributed by atoms with Gasteiger partial charge in [0.2, 0.25) is 35.4 Å². The van der Waals surface area contributed by atoms with Crippen LogP contribution in [0.2, 0.25) is 0 Å². The van der Waals surface area contributed by atoms with Crippen LogP contribution in [0.15, 0.2) is 91.0 Å². The Kier molecular flexibility index (Phi) is 22.8. The lowest BCUT2D eigenvalue weighted by Crippen LogP contribution is -2.64.